The highest BCUT2D eigenvalue weighted by atomic mass is 16.4. The number of nitrogens with one attached hydrogen (secondary N) is 2. The van der Waals surface area contributed by atoms with Gasteiger partial charge in [0.1, 0.15) is 22.6 Å². The van der Waals surface area contributed by atoms with Crippen molar-refractivity contribution in [2.75, 3.05) is 11.5 Å². The number of aromatic nitrogens is 4. The zero-order valence-electron chi connectivity index (χ0n) is 24.3. The standard InChI is InChI=1S/2C16H15N3O3/c2*1-7-3-4-11(20)8(2)12(7)10-5-9-6-18-19-15(9)13(14(10)17)16(21)22/h2*3-6,20H,17H2,1-2H3,(H,18,19)(H,21,22). The van der Waals surface area contributed by atoms with Crippen LogP contribution in [0.25, 0.3) is 44.1 Å². The molecule has 2 heterocycles. The number of rotatable bonds is 4. The van der Waals surface area contributed by atoms with Gasteiger partial charge in [0.15, 0.2) is 0 Å². The van der Waals surface area contributed by atoms with E-state index in [0.29, 0.717) is 44.1 Å². The highest BCUT2D eigenvalue weighted by molar-refractivity contribution is 6.12. The largest absolute Gasteiger partial charge is 0.508 e. The molecule has 12 nitrogen and oxygen atoms in total. The maximum atomic E-state index is 11.6. The average molecular weight is 595 g/mol. The van der Waals surface area contributed by atoms with Gasteiger partial charge >= 0.3 is 11.9 Å². The summed E-state index contributed by atoms with van der Waals surface area (Å²) >= 11 is 0. The molecule has 0 aliphatic carbocycles. The minimum Gasteiger partial charge on any atom is -0.508 e. The molecule has 0 bridgehead atoms. The molecule has 2 aromatic heterocycles. The van der Waals surface area contributed by atoms with Gasteiger partial charge in [0.25, 0.3) is 0 Å². The number of nitrogens with zero attached hydrogens (tertiary/aromatic N) is 2. The summed E-state index contributed by atoms with van der Waals surface area (Å²) in [6, 6.07) is 10.3. The van der Waals surface area contributed by atoms with Crippen LogP contribution in [0.1, 0.15) is 43.0 Å². The Labute approximate surface area is 250 Å². The highest BCUT2D eigenvalue weighted by Crippen LogP contribution is 2.41. The van der Waals surface area contributed by atoms with Crippen molar-refractivity contribution < 1.29 is 30.0 Å². The molecule has 10 N–H and O–H groups in total. The summed E-state index contributed by atoms with van der Waals surface area (Å²) in [5.41, 5.74) is 19.1. The molecule has 6 rings (SSSR count). The topological polar surface area (TPSA) is 224 Å². The van der Waals surface area contributed by atoms with Gasteiger partial charge in [0.05, 0.1) is 34.8 Å². The van der Waals surface area contributed by atoms with Crippen LogP contribution in [-0.2, 0) is 0 Å². The molecule has 44 heavy (non-hydrogen) atoms. The van der Waals surface area contributed by atoms with Crippen LogP contribution in [0.4, 0.5) is 11.4 Å². The number of fused-ring (bicyclic) bond motifs is 2. The summed E-state index contributed by atoms with van der Waals surface area (Å²) in [6.45, 7) is 7.33. The van der Waals surface area contributed by atoms with E-state index in [9.17, 15) is 30.0 Å². The van der Waals surface area contributed by atoms with Crippen LogP contribution < -0.4 is 11.5 Å². The first-order valence-electron chi connectivity index (χ1n) is 13.4. The molecular weight excluding hydrogens is 564 g/mol. The van der Waals surface area contributed by atoms with Gasteiger partial charge in [-0.2, -0.15) is 10.2 Å². The van der Waals surface area contributed by atoms with E-state index in [1.165, 1.54) is 0 Å². The van der Waals surface area contributed by atoms with Crippen molar-refractivity contribution in [3.05, 3.63) is 82.2 Å². The van der Waals surface area contributed by atoms with Crippen molar-refractivity contribution in [3.8, 4) is 33.8 Å². The van der Waals surface area contributed by atoms with Gasteiger partial charge < -0.3 is 31.9 Å². The van der Waals surface area contributed by atoms with Crippen LogP contribution in [0, 0.1) is 27.7 Å². The number of phenolic OH excluding ortho intramolecular Hbond substituents is 2. The number of H-pyrrole nitrogens is 2. The van der Waals surface area contributed by atoms with Gasteiger partial charge in [-0.3, -0.25) is 10.2 Å². The number of hydrogen-bond acceptors (Lipinski definition) is 8. The monoisotopic (exact) mass is 594 g/mol. The third-order valence-electron chi connectivity index (χ3n) is 7.81. The van der Waals surface area contributed by atoms with Crippen LogP contribution >= 0.6 is 0 Å². The Hall–Kier alpha value is -6.04. The van der Waals surface area contributed by atoms with E-state index < -0.39 is 11.9 Å². The summed E-state index contributed by atoms with van der Waals surface area (Å²) in [6.07, 6.45) is 3.11. The second-order valence-corrected chi connectivity index (χ2v) is 10.5. The number of nitrogen functional groups attached to an aromatic ring is 2. The van der Waals surface area contributed by atoms with Gasteiger partial charge in [-0.15, -0.1) is 0 Å². The molecule has 224 valence electrons. The lowest BCUT2D eigenvalue weighted by Gasteiger charge is -2.15. The van der Waals surface area contributed by atoms with Crippen molar-refractivity contribution >= 4 is 45.1 Å². The van der Waals surface area contributed by atoms with E-state index in [1.807, 2.05) is 13.8 Å². The fraction of sp³-hybridized carbons (Fsp3) is 0.125. The average Bonchev–Trinajstić information content (AvgIpc) is 3.63. The molecule has 0 atom stereocenters. The molecule has 0 aliphatic heterocycles. The maximum absolute atomic E-state index is 11.6. The molecule has 6 aromatic rings. The van der Waals surface area contributed by atoms with Crippen molar-refractivity contribution in [3.63, 3.8) is 0 Å². The van der Waals surface area contributed by atoms with Crippen molar-refractivity contribution in [1.29, 1.82) is 0 Å². The number of aromatic carboxylic acids is 2. The smallest absolute Gasteiger partial charge is 0.340 e. The zero-order chi connectivity index (χ0) is 32.0. The van der Waals surface area contributed by atoms with Crippen LogP contribution in [0.2, 0.25) is 0 Å². The molecule has 0 saturated carbocycles. The first-order chi connectivity index (χ1) is 20.8. The Morgan fingerprint density at radius 1 is 0.659 bits per heavy atom. The Morgan fingerprint density at radius 3 is 1.36 bits per heavy atom. The summed E-state index contributed by atoms with van der Waals surface area (Å²) in [5, 5.41) is 53.3. The highest BCUT2D eigenvalue weighted by Gasteiger charge is 2.23. The second kappa shape index (κ2) is 11.0. The van der Waals surface area contributed by atoms with Gasteiger partial charge in [0.2, 0.25) is 0 Å². The normalized spacial score (nSPS) is 11.0. The summed E-state index contributed by atoms with van der Waals surface area (Å²) < 4.78 is 0. The number of phenols is 2. The van der Waals surface area contributed by atoms with Gasteiger partial charge in [-0.25, -0.2) is 9.59 Å². The molecule has 0 amide bonds. The third kappa shape index (κ3) is 4.77. The third-order valence-corrected chi connectivity index (χ3v) is 7.81. The lowest BCUT2D eigenvalue weighted by Crippen LogP contribution is -2.06. The van der Waals surface area contributed by atoms with Crippen molar-refractivity contribution in [1.82, 2.24) is 20.4 Å². The predicted molar refractivity (Wildman–Crippen MR) is 168 cm³/mol. The minimum absolute atomic E-state index is 0.00728. The van der Waals surface area contributed by atoms with Gasteiger partial charge in [-0.05, 0) is 85.3 Å². The summed E-state index contributed by atoms with van der Waals surface area (Å²) in [4.78, 5) is 23.2. The van der Waals surface area contributed by atoms with Crippen LogP contribution in [-0.4, -0.2) is 52.8 Å². The Bertz CT molecular complexity index is 1980. The summed E-state index contributed by atoms with van der Waals surface area (Å²) in [5.74, 6) is -1.96. The number of carbonyl (C=O) groups is 2. The van der Waals surface area contributed by atoms with E-state index >= 15 is 0 Å². The number of benzene rings is 4. The number of anilines is 2. The Morgan fingerprint density at radius 2 is 1.02 bits per heavy atom. The molecule has 0 aliphatic rings. The Kier molecular flexibility index (Phi) is 7.35. The second-order valence-electron chi connectivity index (χ2n) is 10.5. The summed E-state index contributed by atoms with van der Waals surface area (Å²) in [7, 11) is 0. The van der Waals surface area contributed by atoms with Gasteiger partial charge in [-0.1, -0.05) is 12.1 Å². The number of carboxylic acids is 2. The number of aromatic hydroxyl groups is 2. The van der Waals surface area contributed by atoms with Crippen molar-refractivity contribution in [2.24, 2.45) is 0 Å². The first-order valence-corrected chi connectivity index (χ1v) is 13.4. The predicted octanol–water partition coefficient (Wildman–Crippen LogP) is 5.67. The van der Waals surface area contributed by atoms with Crippen LogP contribution in [0.5, 0.6) is 11.5 Å². The van der Waals surface area contributed by atoms with Crippen molar-refractivity contribution in [2.45, 2.75) is 27.7 Å². The number of nitrogens with two attached hydrogens (primary N) is 2. The number of hydrogen-bond donors (Lipinski definition) is 8. The molecule has 12 heteroatoms. The van der Waals surface area contributed by atoms with E-state index in [4.69, 9.17) is 11.5 Å². The molecule has 0 unspecified atom stereocenters. The maximum Gasteiger partial charge on any atom is 0.340 e. The number of carboxylic acid groups (broad SMARTS) is 2. The molecule has 0 saturated heterocycles. The van der Waals surface area contributed by atoms with E-state index in [0.717, 1.165) is 22.3 Å². The molecular formula is C32H30N6O6. The fourth-order valence-corrected chi connectivity index (χ4v) is 5.57. The minimum atomic E-state index is -1.12. The quantitative estimate of drug-likeness (QED) is 0.117. The fourth-order valence-electron chi connectivity index (χ4n) is 5.57. The van der Waals surface area contributed by atoms with Crippen LogP contribution in [0.3, 0.4) is 0 Å². The first kappa shape index (κ1) is 29.5. The Balaban J connectivity index is 0.000000175. The van der Waals surface area contributed by atoms with E-state index in [-0.39, 0.29) is 34.0 Å². The molecule has 0 spiro atoms. The molecule has 4 aromatic carbocycles. The number of aryl methyl sites for hydroxylation is 2. The van der Waals surface area contributed by atoms with E-state index in [2.05, 4.69) is 20.4 Å². The SMILES string of the molecule is Cc1ccc(O)c(C)c1-c1cc2cn[nH]c2c(C(=O)O)c1N.Cc1ccc(O)c(C)c1-c1cc2cn[nH]c2c(C(=O)O)c1N. The molecule has 0 fully saturated rings. The lowest BCUT2D eigenvalue weighted by molar-refractivity contribution is 0.0689. The van der Waals surface area contributed by atoms with Crippen LogP contribution in [0.15, 0.2) is 48.8 Å². The van der Waals surface area contributed by atoms with Gasteiger partial charge in [0, 0.05) is 21.9 Å². The zero-order valence-corrected chi connectivity index (χ0v) is 24.3. The number of aromatic amines is 2. The van der Waals surface area contributed by atoms with E-state index in [1.54, 1.807) is 62.6 Å². The lowest BCUT2D eigenvalue weighted by atomic mass is 9.91. The molecule has 0 radical (unpaired) electrons.